The second kappa shape index (κ2) is 19.0. The van der Waals surface area contributed by atoms with Crippen LogP contribution in [0, 0.1) is 18.8 Å². The lowest BCUT2D eigenvalue weighted by Crippen LogP contribution is -2.53. The van der Waals surface area contributed by atoms with Gasteiger partial charge in [0.15, 0.2) is 0 Å². The van der Waals surface area contributed by atoms with Crippen LogP contribution in [0.3, 0.4) is 0 Å². The second-order valence-corrected chi connectivity index (χ2v) is 11.8. The first-order valence-corrected chi connectivity index (χ1v) is 13.5. The van der Waals surface area contributed by atoms with Gasteiger partial charge in [-0.3, -0.25) is 0 Å². The molecule has 5 heteroatoms. The minimum Gasteiger partial charge on any atom is -0.450 e. The van der Waals surface area contributed by atoms with Crippen LogP contribution in [0.1, 0.15) is 125 Å². The minimum absolute atomic E-state index is 0. The summed E-state index contributed by atoms with van der Waals surface area (Å²) >= 11 is 0. The van der Waals surface area contributed by atoms with Crippen LogP contribution in [0.5, 0.6) is 0 Å². The van der Waals surface area contributed by atoms with Crippen LogP contribution >= 0.6 is 0 Å². The van der Waals surface area contributed by atoms with Crippen molar-refractivity contribution in [2.45, 2.75) is 132 Å². The molecule has 2 heterocycles. The fraction of sp³-hybridized carbons (Fsp3) is 0.676. The first kappa shape index (κ1) is 41.4. The third-order valence-corrected chi connectivity index (χ3v) is 7.79. The molecule has 1 atom stereocenters. The van der Waals surface area contributed by atoms with Gasteiger partial charge in [0.05, 0.1) is 18.3 Å². The summed E-state index contributed by atoms with van der Waals surface area (Å²) in [5.41, 5.74) is 6.04. The van der Waals surface area contributed by atoms with Gasteiger partial charge in [0.1, 0.15) is 0 Å². The molecule has 1 aromatic carbocycles. The van der Waals surface area contributed by atoms with Crippen molar-refractivity contribution in [2.75, 3.05) is 7.11 Å². The SMILES string of the molecule is C.C.C=C(C)C1CC=C(C)CC1.CC12CCC(CC1)C(C)(C)O2.COC(=O)O.Cc1ccc(C(C)C)cc1.O. The van der Waals surface area contributed by atoms with Crippen LogP contribution in [0.2, 0.25) is 0 Å². The predicted molar refractivity (Wildman–Crippen MR) is 169 cm³/mol. The highest BCUT2D eigenvalue weighted by atomic mass is 16.6. The average molecular weight is 551 g/mol. The van der Waals surface area contributed by atoms with Crippen molar-refractivity contribution < 1.29 is 24.9 Å². The Morgan fingerprint density at radius 1 is 1.05 bits per heavy atom. The van der Waals surface area contributed by atoms with Gasteiger partial charge in [0, 0.05) is 0 Å². The van der Waals surface area contributed by atoms with E-state index in [2.05, 4.69) is 97.0 Å². The molecular formula is C34H62O5. The molecule has 3 N–H and O–H groups in total. The van der Waals surface area contributed by atoms with Gasteiger partial charge in [-0.2, -0.15) is 0 Å². The molecule has 2 aliphatic heterocycles. The molecule has 3 fully saturated rings. The monoisotopic (exact) mass is 550 g/mol. The molecule has 5 rings (SSSR count). The van der Waals surface area contributed by atoms with E-state index >= 15 is 0 Å². The van der Waals surface area contributed by atoms with E-state index in [0.717, 1.165) is 18.9 Å². The second-order valence-electron chi connectivity index (χ2n) is 11.8. The number of ether oxygens (including phenoxy) is 2. The Morgan fingerprint density at radius 3 is 1.82 bits per heavy atom. The highest BCUT2D eigenvalue weighted by molar-refractivity contribution is 5.56. The maximum absolute atomic E-state index is 9.15. The third-order valence-electron chi connectivity index (χ3n) is 7.79. The van der Waals surface area contributed by atoms with E-state index in [1.54, 1.807) is 5.57 Å². The number of hydrogen-bond donors (Lipinski definition) is 1. The van der Waals surface area contributed by atoms with E-state index in [0.29, 0.717) is 5.92 Å². The van der Waals surface area contributed by atoms with E-state index in [4.69, 9.17) is 14.6 Å². The van der Waals surface area contributed by atoms with E-state index in [-0.39, 0.29) is 31.5 Å². The smallest absolute Gasteiger partial charge is 0.450 e. The molecule has 5 nitrogen and oxygen atoms in total. The lowest BCUT2D eigenvalue weighted by Gasteiger charge is -2.54. The van der Waals surface area contributed by atoms with Crippen LogP contribution in [0.25, 0.3) is 0 Å². The Labute approximate surface area is 241 Å². The summed E-state index contributed by atoms with van der Waals surface area (Å²) in [4.78, 5) is 9.15. The van der Waals surface area contributed by atoms with Gasteiger partial charge in [-0.25, -0.2) is 4.79 Å². The van der Waals surface area contributed by atoms with E-state index < -0.39 is 6.16 Å². The summed E-state index contributed by atoms with van der Waals surface area (Å²) in [7, 11) is 1.10. The molecule has 1 saturated carbocycles. The van der Waals surface area contributed by atoms with Crippen molar-refractivity contribution in [2.24, 2.45) is 11.8 Å². The Kier molecular flexibility index (Phi) is 20.2. The molecule has 0 aromatic heterocycles. The number of aryl methyl sites for hydroxylation is 1. The zero-order chi connectivity index (χ0) is 27.5. The largest absolute Gasteiger partial charge is 0.505 e. The van der Waals surface area contributed by atoms with Gasteiger partial charge in [0.2, 0.25) is 0 Å². The van der Waals surface area contributed by atoms with Gasteiger partial charge in [-0.1, -0.05) is 82.3 Å². The topological polar surface area (TPSA) is 87.3 Å². The van der Waals surface area contributed by atoms with E-state index in [1.165, 1.54) is 61.6 Å². The molecule has 228 valence electrons. The summed E-state index contributed by atoms with van der Waals surface area (Å²) in [6, 6.07) is 8.71. The lowest BCUT2D eigenvalue weighted by molar-refractivity contribution is -0.229. The van der Waals surface area contributed by atoms with Crippen molar-refractivity contribution in [3.8, 4) is 0 Å². The van der Waals surface area contributed by atoms with Gasteiger partial charge in [-0.05, 0) is 110 Å². The van der Waals surface area contributed by atoms with Gasteiger partial charge < -0.3 is 20.1 Å². The van der Waals surface area contributed by atoms with Crippen LogP contribution in [-0.2, 0) is 9.47 Å². The molecule has 0 amide bonds. The average Bonchev–Trinajstić information content (AvgIpc) is 2.80. The minimum atomic E-state index is -1.25. The van der Waals surface area contributed by atoms with Crippen molar-refractivity contribution in [1.29, 1.82) is 0 Å². The van der Waals surface area contributed by atoms with E-state index in [1.807, 2.05) is 0 Å². The number of carboxylic acid groups (broad SMARTS) is 1. The maximum Gasteiger partial charge on any atom is 0.505 e. The normalized spacial score (nSPS) is 23.6. The highest BCUT2D eigenvalue weighted by Crippen LogP contribution is 2.49. The summed E-state index contributed by atoms with van der Waals surface area (Å²) in [6.45, 7) is 21.6. The number of fused-ring (bicyclic) bond motifs is 3. The van der Waals surface area contributed by atoms with Crippen molar-refractivity contribution >= 4 is 6.16 Å². The highest BCUT2D eigenvalue weighted by Gasteiger charge is 2.48. The Balaban J connectivity index is -0.000000445. The third kappa shape index (κ3) is 15.3. The van der Waals surface area contributed by atoms with Gasteiger partial charge >= 0.3 is 6.16 Å². The predicted octanol–water partition coefficient (Wildman–Crippen LogP) is 9.93. The van der Waals surface area contributed by atoms with Gasteiger partial charge in [0.25, 0.3) is 0 Å². The van der Waals surface area contributed by atoms with Gasteiger partial charge in [-0.15, -0.1) is 0 Å². The number of rotatable bonds is 2. The molecule has 0 spiro atoms. The van der Waals surface area contributed by atoms with Crippen LogP contribution in [0.4, 0.5) is 4.79 Å². The Bertz CT molecular complexity index is 840. The molecule has 4 aliphatic rings. The molecule has 2 saturated heterocycles. The van der Waals surface area contributed by atoms with Crippen LogP contribution < -0.4 is 0 Å². The number of allylic oxidation sites excluding steroid dienone is 3. The van der Waals surface area contributed by atoms with Crippen molar-refractivity contribution in [1.82, 2.24) is 0 Å². The number of hydrogen-bond acceptors (Lipinski definition) is 3. The first-order chi connectivity index (χ1) is 16.7. The van der Waals surface area contributed by atoms with Crippen LogP contribution in [-0.4, -0.2) is 35.0 Å². The fourth-order valence-electron chi connectivity index (χ4n) is 5.11. The van der Waals surface area contributed by atoms with E-state index in [9.17, 15) is 0 Å². The quantitative estimate of drug-likeness (QED) is 0.293. The number of methoxy groups -OCH3 is 1. The molecule has 2 bridgehead atoms. The summed E-state index contributed by atoms with van der Waals surface area (Å²) in [5, 5.41) is 7.50. The molecule has 1 unspecified atom stereocenters. The molecular weight excluding hydrogens is 488 g/mol. The first-order valence-electron chi connectivity index (χ1n) is 13.5. The standard InChI is InChI=1S/C10H18O.C10H16.C10H14.C2H4O3.2CH4.H2O/c1-9(2)8-4-6-10(3,11-9)7-5-8;2*1-8(2)10-6-4-9(3)5-7-10;1-5-2(3)4;;;/h8H,4-7H2,1-3H3;4,10H,1,5-7H2,2-3H3;4-8H,1-3H3;1H3,(H,3,4);2*1H4;1H2. The molecule has 2 aliphatic carbocycles. The van der Waals surface area contributed by atoms with Crippen molar-refractivity contribution in [3.05, 3.63) is 59.2 Å². The van der Waals surface area contributed by atoms with Crippen LogP contribution in [0.15, 0.2) is 48.1 Å². The fourth-order valence-corrected chi connectivity index (χ4v) is 5.11. The molecule has 0 radical (unpaired) electrons. The number of benzene rings is 1. The molecule has 39 heavy (non-hydrogen) atoms. The number of carbonyl (C=O) groups is 1. The lowest BCUT2D eigenvalue weighted by atomic mass is 9.69. The zero-order valence-corrected chi connectivity index (χ0v) is 24.9. The Hall–Kier alpha value is -2.11. The molecule has 1 aromatic rings. The Morgan fingerprint density at radius 2 is 1.54 bits per heavy atom. The van der Waals surface area contributed by atoms with Crippen molar-refractivity contribution in [3.63, 3.8) is 0 Å². The maximum atomic E-state index is 9.15. The summed E-state index contributed by atoms with van der Waals surface area (Å²) < 4.78 is 9.73. The summed E-state index contributed by atoms with van der Waals surface area (Å²) in [5.74, 6) is 2.24. The summed E-state index contributed by atoms with van der Waals surface area (Å²) in [6.07, 6.45) is 10.2. The zero-order valence-electron chi connectivity index (χ0n) is 24.9.